The second-order valence-corrected chi connectivity index (χ2v) is 5.54. The molecule has 0 aliphatic rings. The Balaban J connectivity index is 2.05. The first-order valence-corrected chi connectivity index (χ1v) is 7.07. The highest BCUT2D eigenvalue weighted by Crippen LogP contribution is 2.21. The largest absolute Gasteiger partial charge is 0.389 e. The van der Waals surface area contributed by atoms with Gasteiger partial charge in [0.15, 0.2) is 0 Å². The van der Waals surface area contributed by atoms with Crippen molar-refractivity contribution in [2.24, 2.45) is 12.8 Å². The molecule has 0 unspecified atom stereocenters. The topological polar surface area (TPSA) is 55.9 Å². The van der Waals surface area contributed by atoms with E-state index in [9.17, 15) is 0 Å². The smallest absolute Gasteiger partial charge is 0.110 e. The lowest BCUT2D eigenvalue weighted by Gasteiger charge is -2.11. The molecular formula is C13H15BrN4S. The Morgan fingerprint density at radius 3 is 2.95 bits per heavy atom. The van der Waals surface area contributed by atoms with Crippen molar-refractivity contribution >= 4 is 38.8 Å². The fraction of sp³-hybridized carbons (Fsp3) is 0.231. The van der Waals surface area contributed by atoms with Crippen LogP contribution in [-0.2, 0) is 13.5 Å². The van der Waals surface area contributed by atoms with E-state index in [2.05, 4.69) is 26.2 Å². The van der Waals surface area contributed by atoms with Gasteiger partial charge in [0.1, 0.15) is 10.8 Å². The summed E-state index contributed by atoms with van der Waals surface area (Å²) in [4.78, 5) is 4.68. The van der Waals surface area contributed by atoms with Gasteiger partial charge in [0, 0.05) is 48.1 Å². The van der Waals surface area contributed by atoms with Crippen LogP contribution in [0, 0.1) is 0 Å². The summed E-state index contributed by atoms with van der Waals surface area (Å²) in [5.41, 5.74) is 7.51. The molecule has 0 fully saturated rings. The third kappa shape index (κ3) is 3.54. The van der Waals surface area contributed by atoms with Gasteiger partial charge in [-0.1, -0.05) is 28.1 Å². The van der Waals surface area contributed by atoms with Gasteiger partial charge in [0.25, 0.3) is 0 Å². The zero-order valence-corrected chi connectivity index (χ0v) is 13.0. The van der Waals surface area contributed by atoms with E-state index in [4.69, 9.17) is 18.0 Å². The van der Waals surface area contributed by atoms with E-state index in [1.54, 1.807) is 6.20 Å². The molecule has 1 heterocycles. The van der Waals surface area contributed by atoms with Crippen molar-refractivity contribution in [2.75, 3.05) is 11.9 Å². The summed E-state index contributed by atoms with van der Waals surface area (Å²) in [5, 5.41) is 3.35. The number of aromatic nitrogens is 2. The number of anilines is 1. The molecular weight excluding hydrogens is 324 g/mol. The Morgan fingerprint density at radius 2 is 2.32 bits per heavy atom. The summed E-state index contributed by atoms with van der Waals surface area (Å²) in [6.45, 7) is 0.775. The zero-order chi connectivity index (χ0) is 13.8. The number of halogens is 1. The van der Waals surface area contributed by atoms with Gasteiger partial charge in [-0.2, -0.15) is 0 Å². The number of rotatable bonds is 5. The Morgan fingerprint density at radius 1 is 1.53 bits per heavy atom. The third-order valence-corrected chi connectivity index (χ3v) is 3.55. The maximum atomic E-state index is 5.71. The minimum absolute atomic E-state index is 0.395. The molecule has 4 nitrogen and oxygen atoms in total. The van der Waals surface area contributed by atoms with Gasteiger partial charge in [-0.15, -0.1) is 0 Å². The van der Waals surface area contributed by atoms with Crippen molar-refractivity contribution in [1.82, 2.24) is 9.55 Å². The second-order valence-electron chi connectivity index (χ2n) is 4.19. The van der Waals surface area contributed by atoms with E-state index in [-0.39, 0.29) is 0 Å². The molecule has 0 radical (unpaired) electrons. The monoisotopic (exact) mass is 338 g/mol. The minimum atomic E-state index is 0.395. The average Bonchev–Trinajstić information content (AvgIpc) is 2.75. The standard InChI is InChI=1S/C13H15BrN4S/c1-18-7-6-17-12(18)4-5-16-11-8-9(14)2-3-10(11)13(15)19/h2-3,6-8,16H,4-5H2,1H3,(H2,15,19). The summed E-state index contributed by atoms with van der Waals surface area (Å²) >= 11 is 8.50. The molecule has 0 amide bonds. The molecule has 2 rings (SSSR count). The van der Waals surface area contributed by atoms with Crippen molar-refractivity contribution in [1.29, 1.82) is 0 Å². The lowest BCUT2D eigenvalue weighted by atomic mass is 10.1. The van der Waals surface area contributed by atoms with Crippen molar-refractivity contribution in [2.45, 2.75) is 6.42 Å². The van der Waals surface area contributed by atoms with Crippen LogP contribution in [0.15, 0.2) is 35.1 Å². The molecule has 100 valence electrons. The van der Waals surface area contributed by atoms with Gasteiger partial charge >= 0.3 is 0 Å². The quantitative estimate of drug-likeness (QED) is 0.822. The van der Waals surface area contributed by atoms with Crippen LogP contribution in [0.1, 0.15) is 11.4 Å². The molecule has 1 aromatic heterocycles. The van der Waals surface area contributed by atoms with Crippen LogP contribution in [0.2, 0.25) is 0 Å². The van der Waals surface area contributed by atoms with E-state index < -0.39 is 0 Å². The molecule has 0 bridgehead atoms. The van der Waals surface area contributed by atoms with Gasteiger partial charge in [-0.05, 0) is 18.2 Å². The summed E-state index contributed by atoms with van der Waals surface area (Å²) < 4.78 is 3.00. The fourth-order valence-electron chi connectivity index (χ4n) is 1.82. The van der Waals surface area contributed by atoms with E-state index in [1.807, 2.05) is 36.0 Å². The molecule has 6 heteroatoms. The Hall–Kier alpha value is -1.40. The van der Waals surface area contributed by atoms with E-state index >= 15 is 0 Å². The molecule has 0 saturated carbocycles. The Bertz CT molecular complexity index is 594. The molecule has 1 aromatic carbocycles. The van der Waals surface area contributed by atoms with Gasteiger partial charge < -0.3 is 15.6 Å². The van der Waals surface area contributed by atoms with E-state index in [1.165, 1.54) is 0 Å². The number of nitrogens with zero attached hydrogens (tertiary/aromatic N) is 2. The predicted molar refractivity (Wildman–Crippen MR) is 85.4 cm³/mol. The summed E-state index contributed by atoms with van der Waals surface area (Å²) in [5.74, 6) is 1.04. The lowest BCUT2D eigenvalue weighted by molar-refractivity contribution is 0.789. The number of nitrogens with one attached hydrogen (secondary N) is 1. The van der Waals surface area contributed by atoms with Crippen molar-refractivity contribution in [3.05, 3.63) is 46.5 Å². The molecule has 0 atom stereocenters. The molecule has 0 aliphatic carbocycles. The predicted octanol–water partition coefficient (Wildman–Crippen LogP) is 2.47. The van der Waals surface area contributed by atoms with Crippen molar-refractivity contribution in [3.63, 3.8) is 0 Å². The number of hydrogen-bond donors (Lipinski definition) is 2. The number of benzene rings is 1. The molecule has 19 heavy (non-hydrogen) atoms. The first-order valence-electron chi connectivity index (χ1n) is 5.87. The first kappa shape index (κ1) is 14.0. The van der Waals surface area contributed by atoms with Crippen molar-refractivity contribution < 1.29 is 0 Å². The Labute approximate surface area is 126 Å². The second kappa shape index (κ2) is 6.16. The maximum Gasteiger partial charge on any atom is 0.110 e. The molecule has 0 spiro atoms. The molecule has 2 aromatic rings. The van der Waals surface area contributed by atoms with Crippen LogP contribution in [0.25, 0.3) is 0 Å². The van der Waals surface area contributed by atoms with Crippen LogP contribution in [-0.4, -0.2) is 21.1 Å². The van der Waals surface area contributed by atoms with Crippen LogP contribution in [0.5, 0.6) is 0 Å². The van der Waals surface area contributed by atoms with Crippen molar-refractivity contribution in [3.8, 4) is 0 Å². The third-order valence-electron chi connectivity index (χ3n) is 2.83. The van der Waals surface area contributed by atoms with E-state index in [0.29, 0.717) is 4.99 Å². The SMILES string of the molecule is Cn1ccnc1CCNc1cc(Br)ccc1C(N)=S. The summed E-state index contributed by atoms with van der Waals surface area (Å²) in [6.07, 6.45) is 4.58. The molecule has 0 aliphatic heterocycles. The van der Waals surface area contributed by atoms with Crippen LogP contribution < -0.4 is 11.1 Å². The van der Waals surface area contributed by atoms with Crippen LogP contribution in [0.3, 0.4) is 0 Å². The van der Waals surface area contributed by atoms with Crippen LogP contribution in [0.4, 0.5) is 5.69 Å². The number of nitrogens with two attached hydrogens (primary N) is 1. The summed E-state index contributed by atoms with van der Waals surface area (Å²) in [7, 11) is 1.99. The maximum absolute atomic E-state index is 5.71. The van der Waals surface area contributed by atoms with Gasteiger partial charge in [0.2, 0.25) is 0 Å². The minimum Gasteiger partial charge on any atom is -0.389 e. The van der Waals surface area contributed by atoms with E-state index in [0.717, 1.165) is 34.5 Å². The number of hydrogen-bond acceptors (Lipinski definition) is 3. The molecule has 0 saturated heterocycles. The van der Waals surface area contributed by atoms with Gasteiger partial charge in [0.05, 0.1) is 0 Å². The van der Waals surface area contributed by atoms with Gasteiger partial charge in [-0.25, -0.2) is 4.98 Å². The highest BCUT2D eigenvalue weighted by molar-refractivity contribution is 9.10. The Kier molecular flexibility index (Phi) is 4.55. The fourth-order valence-corrected chi connectivity index (χ4v) is 2.36. The van der Waals surface area contributed by atoms with Gasteiger partial charge in [-0.3, -0.25) is 0 Å². The number of aryl methyl sites for hydroxylation is 1. The number of imidazole rings is 1. The summed E-state index contributed by atoms with van der Waals surface area (Å²) in [6, 6.07) is 5.82. The number of thiocarbonyl (C=S) groups is 1. The highest BCUT2D eigenvalue weighted by Gasteiger charge is 2.06. The average molecular weight is 339 g/mol. The zero-order valence-electron chi connectivity index (χ0n) is 10.6. The lowest BCUT2D eigenvalue weighted by Crippen LogP contribution is -2.15. The molecule has 3 N–H and O–H groups in total. The highest BCUT2D eigenvalue weighted by atomic mass is 79.9. The normalized spacial score (nSPS) is 10.4. The van der Waals surface area contributed by atoms with Crippen LogP contribution >= 0.6 is 28.1 Å². The first-order chi connectivity index (χ1) is 9.08.